The lowest BCUT2D eigenvalue weighted by atomic mass is 9.82. The number of alkyl halides is 1. The Morgan fingerprint density at radius 1 is 1.23 bits per heavy atom. The molecule has 10 nitrogen and oxygen atoms in total. The van der Waals surface area contributed by atoms with Gasteiger partial charge in [-0.3, -0.25) is 14.4 Å². The highest BCUT2D eigenvalue weighted by atomic mass is 32.1. The van der Waals surface area contributed by atoms with Gasteiger partial charge in [0.15, 0.2) is 5.67 Å². The number of unbranched alkanes of at least 4 members (excludes halogenated alkanes) is 3. The van der Waals surface area contributed by atoms with Gasteiger partial charge in [-0.25, -0.2) is 9.37 Å². The molecule has 2 aromatic rings. The minimum absolute atomic E-state index is 0.00650. The summed E-state index contributed by atoms with van der Waals surface area (Å²) in [5.41, 5.74) is 11.5. The van der Waals surface area contributed by atoms with E-state index in [4.69, 9.17) is 16.2 Å². The zero-order valence-corrected chi connectivity index (χ0v) is 27.0. The fourth-order valence-corrected chi connectivity index (χ4v) is 6.60. The Labute approximate surface area is 262 Å². The molecular formula is C32H46FN5O5S. The van der Waals surface area contributed by atoms with Crippen molar-refractivity contribution < 1.29 is 28.6 Å². The standard InChI is InChI=1S/C32H46FN5O5S/c1-20-25(44-19-36-20)21-9-10-22(24(15-21)43-14-8-6-5-7-13-34)16-32(28(35)41)17-23(39)18-38(32)27(40)26(30(2,3)4)37-29(42)31(33)11-12-31/h9-10,15,19,23,26,39H,5-8,11-14,16-18,34H2,1-4H3,(H2,35,41)(H,37,42)/t23?,26-,32?/m1/s1. The number of aromatic nitrogens is 1. The van der Waals surface area contributed by atoms with E-state index in [0.29, 0.717) is 24.5 Å². The third kappa shape index (κ3) is 7.40. The molecule has 242 valence electrons. The van der Waals surface area contributed by atoms with Crippen molar-refractivity contribution in [3.8, 4) is 16.2 Å². The maximum absolute atomic E-state index is 14.6. The predicted octanol–water partition coefficient (Wildman–Crippen LogP) is 3.41. The Bertz CT molecular complexity index is 1360. The summed E-state index contributed by atoms with van der Waals surface area (Å²) in [5, 5.41) is 13.4. The number of aryl methyl sites for hydroxylation is 1. The van der Waals surface area contributed by atoms with Gasteiger partial charge in [-0.1, -0.05) is 45.7 Å². The van der Waals surface area contributed by atoms with Crippen LogP contribution in [0, 0.1) is 12.3 Å². The van der Waals surface area contributed by atoms with E-state index in [-0.39, 0.29) is 32.2 Å². The highest BCUT2D eigenvalue weighted by molar-refractivity contribution is 7.13. The molecule has 1 saturated carbocycles. The van der Waals surface area contributed by atoms with E-state index in [1.54, 1.807) is 26.3 Å². The lowest BCUT2D eigenvalue weighted by Gasteiger charge is -2.41. The van der Waals surface area contributed by atoms with Gasteiger partial charge in [0.05, 0.1) is 28.8 Å². The highest BCUT2D eigenvalue weighted by Gasteiger charge is 2.56. The minimum Gasteiger partial charge on any atom is -0.493 e. The average molecular weight is 632 g/mol. The molecule has 44 heavy (non-hydrogen) atoms. The summed E-state index contributed by atoms with van der Waals surface area (Å²) >= 11 is 1.51. The van der Waals surface area contributed by atoms with Gasteiger partial charge in [-0.15, -0.1) is 11.3 Å². The number of halogens is 1. The Hall–Kier alpha value is -3.09. The zero-order chi connectivity index (χ0) is 32.3. The quantitative estimate of drug-likeness (QED) is 0.232. The first-order valence-electron chi connectivity index (χ1n) is 15.4. The van der Waals surface area contributed by atoms with Gasteiger partial charge in [-0.05, 0) is 61.8 Å². The van der Waals surface area contributed by atoms with Crippen LogP contribution in [0.5, 0.6) is 5.75 Å². The molecule has 1 aromatic carbocycles. The summed E-state index contributed by atoms with van der Waals surface area (Å²) < 4.78 is 20.9. The van der Waals surface area contributed by atoms with Crippen molar-refractivity contribution in [1.29, 1.82) is 0 Å². The molecule has 12 heteroatoms. The number of nitrogens with one attached hydrogen (secondary N) is 1. The number of amides is 3. The molecule has 2 fully saturated rings. The largest absolute Gasteiger partial charge is 0.493 e. The summed E-state index contributed by atoms with van der Waals surface area (Å²) in [6.45, 7) is 8.14. The van der Waals surface area contributed by atoms with Gasteiger partial charge >= 0.3 is 0 Å². The predicted molar refractivity (Wildman–Crippen MR) is 168 cm³/mol. The van der Waals surface area contributed by atoms with Crippen molar-refractivity contribution in [3.05, 3.63) is 35.0 Å². The second-order valence-electron chi connectivity index (χ2n) is 13.3. The first kappa shape index (κ1) is 33.8. The Morgan fingerprint density at radius 3 is 2.52 bits per heavy atom. The van der Waals surface area contributed by atoms with E-state index >= 15 is 0 Å². The molecule has 0 radical (unpaired) electrons. The number of aliphatic hydroxyl groups is 1. The summed E-state index contributed by atoms with van der Waals surface area (Å²) in [4.78, 5) is 46.9. The first-order valence-corrected chi connectivity index (χ1v) is 16.3. The molecule has 1 aromatic heterocycles. The van der Waals surface area contributed by atoms with Crippen molar-refractivity contribution >= 4 is 29.1 Å². The lowest BCUT2D eigenvalue weighted by Crippen LogP contribution is -2.64. The SMILES string of the molecule is Cc1ncsc1-c1ccc(CC2(C(N)=O)CC(O)CN2C(=O)[C@@H](NC(=O)C2(F)CC2)C(C)(C)C)c(OCCCCCCN)c1. The molecule has 3 amide bonds. The minimum atomic E-state index is -1.98. The molecule has 2 heterocycles. The van der Waals surface area contributed by atoms with E-state index in [2.05, 4.69) is 10.3 Å². The number of rotatable bonds is 14. The van der Waals surface area contributed by atoms with E-state index < -0.39 is 46.5 Å². The van der Waals surface area contributed by atoms with Crippen LogP contribution in [-0.4, -0.2) is 75.8 Å². The smallest absolute Gasteiger partial charge is 0.258 e. The molecule has 1 aliphatic heterocycles. The number of β-amino-alcohol motifs (C(OH)–C–C–N with tert-alkyl or cyclic N) is 1. The van der Waals surface area contributed by atoms with Crippen LogP contribution in [0.4, 0.5) is 4.39 Å². The number of nitrogens with zero attached hydrogens (tertiary/aromatic N) is 2. The number of hydrogen-bond acceptors (Lipinski definition) is 8. The van der Waals surface area contributed by atoms with E-state index in [0.717, 1.165) is 41.8 Å². The number of carbonyl (C=O) groups is 3. The molecule has 1 saturated heterocycles. The third-order valence-electron chi connectivity index (χ3n) is 8.61. The molecule has 1 aliphatic carbocycles. The number of benzene rings is 1. The fraction of sp³-hybridized carbons (Fsp3) is 0.625. The topological polar surface area (TPSA) is 161 Å². The molecular weight excluding hydrogens is 585 g/mol. The number of primary amides is 1. The third-order valence-corrected chi connectivity index (χ3v) is 9.58. The van der Waals surface area contributed by atoms with E-state index in [1.165, 1.54) is 16.2 Å². The van der Waals surface area contributed by atoms with Crippen LogP contribution in [0.15, 0.2) is 23.7 Å². The van der Waals surface area contributed by atoms with Gasteiger partial charge in [0, 0.05) is 19.4 Å². The summed E-state index contributed by atoms with van der Waals surface area (Å²) in [7, 11) is 0. The molecule has 0 bridgehead atoms. The van der Waals surface area contributed by atoms with Crippen LogP contribution in [0.1, 0.15) is 77.0 Å². The Kier molecular flexibility index (Phi) is 10.4. The van der Waals surface area contributed by atoms with Crippen LogP contribution in [-0.2, 0) is 20.8 Å². The molecule has 3 atom stereocenters. The Balaban J connectivity index is 1.67. The van der Waals surface area contributed by atoms with Crippen molar-refractivity contribution in [2.24, 2.45) is 16.9 Å². The molecule has 4 rings (SSSR count). The van der Waals surface area contributed by atoms with Gasteiger partial charge in [0.2, 0.25) is 11.8 Å². The average Bonchev–Trinajstić information content (AvgIpc) is 3.41. The Morgan fingerprint density at radius 2 is 1.93 bits per heavy atom. The molecule has 6 N–H and O–H groups in total. The van der Waals surface area contributed by atoms with Crippen molar-refractivity contribution in [1.82, 2.24) is 15.2 Å². The summed E-state index contributed by atoms with van der Waals surface area (Å²) in [6.07, 6.45) is 2.81. The normalized spacial score (nSPS) is 21.6. The number of thiazole rings is 1. The van der Waals surface area contributed by atoms with Gasteiger partial charge in [0.25, 0.3) is 5.91 Å². The maximum Gasteiger partial charge on any atom is 0.258 e. The van der Waals surface area contributed by atoms with Crippen molar-refractivity contribution in [2.75, 3.05) is 19.7 Å². The number of carbonyl (C=O) groups excluding carboxylic acids is 3. The van der Waals surface area contributed by atoms with Crippen LogP contribution in [0.3, 0.4) is 0 Å². The monoisotopic (exact) mass is 631 g/mol. The highest BCUT2D eigenvalue weighted by Crippen LogP contribution is 2.42. The molecule has 2 unspecified atom stereocenters. The lowest BCUT2D eigenvalue weighted by molar-refractivity contribution is -0.149. The van der Waals surface area contributed by atoms with E-state index in [1.807, 2.05) is 25.1 Å². The second kappa shape index (κ2) is 13.5. The fourth-order valence-electron chi connectivity index (χ4n) is 5.79. The zero-order valence-electron chi connectivity index (χ0n) is 26.2. The number of aliphatic hydroxyl groups excluding tert-OH is 1. The number of likely N-dealkylation sites (tertiary alicyclic amines) is 1. The van der Waals surface area contributed by atoms with Crippen LogP contribution in [0.25, 0.3) is 10.4 Å². The molecule has 0 spiro atoms. The molecule has 2 aliphatic rings. The summed E-state index contributed by atoms with van der Waals surface area (Å²) in [5.74, 6) is -1.66. The number of nitrogens with two attached hydrogens (primary N) is 2. The van der Waals surface area contributed by atoms with Crippen LogP contribution in [0.2, 0.25) is 0 Å². The maximum atomic E-state index is 14.6. The summed E-state index contributed by atoms with van der Waals surface area (Å²) in [6, 6.07) is 4.55. The van der Waals surface area contributed by atoms with Crippen LogP contribution < -0.4 is 21.5 Å². The van der Waals surface area contributed by atoms with Crippen molar-refractivity contribution in [3.63, 3.8) is 0 Å². The van der Waals surface area contributed by atoms with Crippen LogP contribution >= 0.6 is 11.3 Å². The first-order chi connectivity index (χ1) is 20.7. The number of ether oxygens (including phenoxy) is 1. The number of hydrogen-bond donors (Lipinski definition) is 4. The van der Waals surface area contributed by atoms with Gasteiger partial charge < -0.3 is 31.5 Å². The van der Waals surface area contributed by atoms with E-state index in [9.17, 15) is 23.9 Å². The van der Waals surface area contributed by atoms with Gasteiger partial charge in [0.1, 0.15) is 17.3 Å². The van der Waals surface area contributed by atoms with Gasteiger partial charge in [-0.2, -0.15) is 0 Å². The second-order valence-corrected chi connectivity index (χ2v) is 14.1. The van der Waals surface area contributed by atoms with Crippen molar-refractivity contribution in [2.45, 2.75) is 102 Å².